The van der Waals surface area contributed by atoms with Crippen molar-refractivity contribution in [3.63, 3.8) is 0 Å². The number of nitrogens with one attached hydrogen (secondary N) is 3. The van der Waals surface area contributed by atoms with Crippen LogP contribution in [0, 0.1) is 0 Å². The maximum atomic E-state index is 13.8. The maximum Gasteiger partial charge on any atom is 0.321 e. The van der Waals surface area contributed by atoms with Crippen molar-refractivity contribution in [3.05, 3.63) is 84.2 Å². The molecular formula is C27H28N6O4. The highest BCUT2D eigenvalue weighted by molar-refractivity contribution is 6.20. The lowest BCUT2D eigenvalue weighted by Crippen LogP contribution is -2.50. The maximum absolute atomic E-state index is 13.8. The Morgan fingerprint density at radius 2 is 1.81 bits per heavy atom. The Hall–Kier alpha value is -4.57. The fraction of sp³-hybridized carbons (Fsp3) is 0.222. The molecule has 1 unspecified atom stereocenters. The van der Waals surface area contributed by atoms with Crippen LogP contribution in [0.4, 0.5) is 21.9 Å². The number of methoxy groups -OCH3 is 1. The molecule has 37 heavy (non-hydrogen) atoms. The molecule has 10 nitrogen and oxygen atoms in total. The van der Waals surface area contributed by atoms with Gasteiger partial charge in [0.05, 0.1) is 23.6 Å². The van der Waals surface area contributed by atoms with Crippen molar-refractivity contribution < 1.29 is 19.1 Å². The van der Waals surface area contributed by atoms with Crippen molar-refractivity contribution in [3.8, 4) is 0 Å². The second kappa shape index (κ2) is 11.4. The van der Waals surface area contributed by atoms with E-state index in [-0.39, 0.29) is 12.3 Å². The Morgan fingerprint density at radius 1 is 1.05 bits per heavy atom. The summed E-state index contributed by atoms with van der Waals surface area (Å²) in [6, 6.07) is 19.0. The normalized spacial score (nSPS) is 15.6. The fourth-order valence-corrected chi connectivity index (χ4v) is 3.85. The Labute approximate surface area is 214 Å². The van der Waals surface area contributed by atoms with Gasteiger partial charge in [0, 0.05) is 37.3 Å². The number of Topliss-reactive ketones (excluding diaryl/α,β-unsaturated/α-hetero) is 1. The van der Waals surface area contributed by atoms with Gasteiger partial charge in [-0.3, -0.25) is 14.6 Å². The lowest BCUT2D eigenvalue weighted by Gasteiger charge is -2.25. The molecule has 2 aromatic carbocycles. The SMILES string of the molecule is CNc1cccc(NC(=O)N[C@@H]2N=C(c3ccccn3)c3ccccc3N(CC(=O)C(C)OC)C2=O)c1. The van der Waals surface area contributed by atoms with E-state index in [0.29, 0.717) is 28.3 Å². The molecule has 3 aromatic rings. The first-order valence-electron chi connectivity index (χ1n) is 11.7. The number of carbonyl (C=O) groups excluding carboxylic acids is 3. The van der Waals surface area contributed by atoms with E-state index in [1.165, 1.54) is 12.0 Å². The van der Waals surface area contributed by atoms with Gasteiger partial charge >= 0.3 is 6.03 Å². The number of carbonyl (C=O) groups is 3. The molecule has 0 aliphatic carbocycles. The van der Waals surface area contributed by atoms with Gasteiger partial charge in [0.15, 0.2) is 5.78 Å². The Bertz CT molecular complexity index is 1330. The number of hydrogen-bond donors (Lipinski definition) is 3. The van der Waals surface area contributed by atoms with E-state index in [1.54, 1.807) is 68.7 Å². The van der Waals surface area contributed by atoms with Gasteiger partial charge in [-0.2, -0.15) is 0 Å². The van der Waals surface area contributed by atoms with E-state index in [2.05, 4.69) is 25.9 Å². The number of ketones is 1. The molecule has 1 aromatic heterocycles. The standard InChI is InChI=1S/C27H28N6O4/c1-17(37-3)23(34)16-33-22-13-5-4-11-20(22)24(21-12-6-7-14-29-21)31-25(26(33)35)32-27(36)30-19-10-8-9-18(15-19)28-2/h4-15,17,25,28H,16H2,1-3H3,(H2,30,32,36)/t17?,25-/m0/s1. The number of hydrogen-bond acceptors (Lipinski definition) is 7. The predicted molar refractivity (Wildman–Crippen MR) is 142 cm³/mol. The number of benzene rings is 2. The molecule has 10 heteroatoms. The summed E-state index contributed by atoms with van der Waals surface area (Å²) in [5.74, 6) is -0.854. The topological polar surface area (TPSA) is 125 Å². The summed E-state index contributed by atoms with van der Waals surface area (Å²) in [6.45, 7) is 1.37. The van der Waals surface area contributed by atoms with Crippen molar-refractivity contribution in [1.29, 1.82) is 0 Å². The number of fused-ring (bicyclic) bond motifs is 1. The Kier molecular flexibility index (Phi) is 7.89. The Morgan fingerprint density at radius 3 is 2.54 bits per heavy atom. The molecule has 0 saturated carbocycles. The molecule has 0 bridgehead atoms. The number of amides is 3. The second-order valence-corrected chi connectivity index (χ2v) is 8.31. The van der Waals surface area contributed by atoms with Gasteiger partial charge in [0.25, 0.3) is 5.91 Å². The molecule has 1 aliphatic rings. The quantitative estimate of drug-likeness (QED) is 0.437. The highest BCUT2D eigenvalue weighted by Crippen LogP contribution is 2.28. The van der Waals surface area contributed by atoms with Crippen LogP contribution in [0.5, 0.6) is 0 Å². The van der Waals surface area contributed by atoms with Crippen LogP contribution >= 0.6 is 0 Å². The molecule has 0 radical (unpaired) electrons. The molecule has 3 amide bonds. The third-order valence-corrected chi connectivity index (χ3v) is 5.91. The minimum absolute atomic E-state index is 0.250. The summed E-state index contributed by atoms with van der Waals surface area (Å²) in [4.78, 5) is 49.9. The number of rotatable bonds is 8. The van der Waals surface area contributed by atoms with Gasteiger partial charge in [-0.05, 0) is 43.3 Å². The minimum atomic E-state index is -1.32. The molecule has 3 N–H and O–H groups in total. The zero-order valence-electron chi connectivity index (χ0n) is 20.8. The van der Waals surface area contributed by atoms with E-state index >= 15 is 0 Å². The smallest absolute Gasteiger partial charge is 0.321 e. The van der Waals surface area contributed by atoms with Gasteiger partial charge in [0.1, 0.15) is 6.10 Å². The second-order valence-electron chi connectivity index (χ2n) is 8.31. The third kappa shape index (κ3) is 5.81. The number of urea groups is 1. The number of nitrogens with zero attached hydrogens (tertiary/aromatic N) is 3. The van der Waals surface area contributed by atoms with Crippen molar-refractivity contribution >= 4 is 40.5 Å². The van der Waals surface area contributed by atoms with E-state index in [9.17, 15) is 14.4 Å². The van der Waals surface area contributed by atoms with Gasteiger partial charge in [-0.1, -0.05) is 30.3 Å². The van der Waals surface area contributed by atoms with E-state index < -0.39 is 24.2 Å². The largest absolute Gasteiger partial charge is 0.388 e. The van der Waals surface area contributed by atoms with Crippen molar-refractivity contribution in [2.24, 2.45) is 4.99 Å². The highest BCUT2D eigenvalue weighted by Gasteiger charge is 2.35. The molecule has 190 valence electrons. The molecule has 2 atom stereocenters. The van der Waals surface area contributed by atoms with Gasteiger partial charge in [-0.25, -0.2) is 9.79 Å². The van der Waals surface area contributed by atoms with E-state index in [1.807, 2.05) is 18.2 Å². The summed E-state index contributed by atoms with van der Waals surface area (Å²) < 4.78 is 5.16. The third-order valence-electron chi connectivity index (χ3n) is 5.91. The molecule has 0 saturated heterocycles. The monoisotopic (exact) mass is 500 g/mol. The molecule has 4 rings (SSSR count). The van der Waals surface area contributed by atoms with Crippen LogP contribution in [-0.4, -0.2) is 61.4 Å². The van der Waals surface area contributed by atoms with Crippen LogP contribution in [0.1, 0.15) is 18.2 Å². The Balaban J connectivity index is 1.73. The number of pyridine rings is 1. The lowest BCUT2D eigenvalue weighted by atomic mass is 10.0. The van der Waals surface area contributed by atoms with Crippen molar-refractivity contribution in [2.75, 3.05) is 36.2 Å². The van der Waals surface area contributed by atoms with Crippen LogP contribution in [0.3, 0.4) is 0 Å². The number of anilines is 3. The average Bonchev–Trinajstić information content (AvgIpc) is 3.03. The van der Waals surface area contributed by atoms with Gasteiger partial charge < -0.3 is 25.6 Å². The van der Waals surface area contributed by atoms with Crippen LogP contribution < -0.4 is 20.9 Å². The summed E-state index contributed by atoms with van der Waals surface area (Å²) in [5.41, 5.74) is 3.38. The summed E-state index contributed by atoms with van der Waals surface area (Å²) >= 11 is 0. The molecule has 1 aliphatic heterocycles. The van der Waals surface area contributed by atoms with Gasteiger partial charge in [-0.15, -0.1) is 0 Å². The lowest BCUT2D eigenvalue weighted by molar-refractivity contribution is -0.128. The minimum Gasteiger partial charge on any atom is -0.388 e. The first-order chi connectivity index (χ1) is 17.9. The zero-order valence-corrected chi connectivity index (χ0v) is 20.8. The van der Waals surface area contributed by atoms with E-state index in [4.69, 9.17) is 4.74 Å². The summed E-state index contributed by atoms with van der Waals surface area (Å²) in [5, 5.41) is 8.39. The molecule has 2 heterocycles. The molecule has 0 spiro atoms. The summed E-state index contributed by atoms with van der Waals surface area (Å²) in [7, 11) is 3.20. The first kappa shape index (κ1) is 25.5. The van der Waals surface area contributed by atoms with Crippen LogP contribution in [0.25, 0.3) is 0 Å². The number of ether oxygens (including phenoxy) is 1. The number of benzodiazepines with no additional fused rings is 1. The molecule has 0 fully saturated rings. The first-order valence-corrected chi connectivity index (χ1v) is 11.7. The van der Waals surface area contributed by atoms with Crippen molar-refractivity contribution in [1.82, 2.24) is 10.3 Å². The number of aromatic nitrogens is 1. The number of para-hydroxylation sites is 1. The van der Waals surface area contributed by atoms with Crippen LogP contribution in [0.15, 0.2) is 77.9 Å². The van der Waals surface area contributed by atoms with Gasteiger partial charge in [0.2, 0.25) is 6.17 Å². The zero-order chi connectivity index (χ0) is 26.4. The van der Waals surface area contributed by atoms with Crippen molar-refractivity contribution in [2.45, 2.75) is 19.2 Å². The average molecular weight is 501 g/mol. The van der Waals surface area contributed by atoms with Crippen LogP contribution in [0.2, 0.25) is 0 Å². The van der Waals surface area contributed by atoms with Crippen LogP contribution in [-0.2, 0) is 14.3 Å². The molecular weight excluding hydrogens is 472 g/mol. The number of aliphatic imine (C=N–C) groups is 1. The summed E-state index contributed by atoms with van der Waals surface area (Å²) in [6.07, 6.45) is -0.408. The van der Waals surface area contributed by atoms with E-state index in [0.717, 1.165) is 5.69 Å². The predicted octanol–water partition coefficient (Wildman–Crippen LogP) is 3.06. The fourth-order valence-electron chi connectivity index (χ4n) is 3.85. The highest BCUT2D eigenvalue weighted by atomic mass is 16.5.